The van der Waals surface area contributed by atoms with Crippen LogP contribution in [0.4, 0.5) is 0 Å². The highest BCUT2D eigenvalue weighted by atomic mass is 32.2. The quantitative estimate of drug-likeness (QED) is 0.785. The number of aliphatic carboxylic acids is 1. The van der Waals surface area contributed by atoms with Crippen LogP contribution < -0.4 is 5.32 Å². The summed E-state index contributed by atoms with van der Waals surface area (Å²) in [5, 5.41) is 11.0. The highest BCUT2D eigenvalue weighted by molar-refractivity contribution is 7.85. The lowest BCUT2D eigenvalue weighted by molar-refractivity contribution is -0.136. The van der Waals surface area contributed by atoms with Crippen LogP contribution in [0.5, 0.6) is 0 Å². The van der Waals surface area contributed by atoms with Crippen LogP contribution >= 0.6 is 0 Å². The van der Waals surface area contributed by atoms with E-state index in [0.29, 0.717) is 10.5 Å². The molecule has 0 spiro atoms. The Morgan fingerprint density at radius 1 is 1.29 bits per heavy atom. The third-order valence-corrected chi connectivity index (χ3v) is 3.40. The van der Waals surface area contributed by atoms with Gasteiger partial charge in [0.1, 0.15) is 5.75 Å². The van der Waals surface area contributed by atoms with Crippen LogP contribution in [0.2, 0.25) is 0 Å². The minimum atomic E-state index is -1.39. The van der Waals surface area contributed by atoms with Gasteiger partial charge in [0.15, 0.2) is 0 Å². The summed E-state index contributed by atoms with van der Waals surface area (Å²) in [5.74, 6) is -1.29. The lowest BCUT2D eigenvalue weighted by Gasteiger charge is -2.02. The van der Waals surface area contributed by atoms with E-state index in [-0.39, 0.29) is 18.1 Å². The van der Waals surface area contributed by atoms with Crippen LogP contribution in [0.3, 0.4) is 0 Å². The Morgan fingerprint density at radius 3 is 2.35 bits per heavy atom. The Kier molecular flexibility index (Phi) is 4.84. The number of nitrogens with one attached hydrogen (secondary N) is 1. The standard InChI is InChI=1S/C11H13NO4S/c1-12-10(13)7-17(16)9-4-2-8(3-5-9)6-11(14)15/h2-5H,6-7H2,1H3,(H,12,13)(H,14,15). The molecule has 0 aromatic heterocycles. The van der Waals surface area contributed by atoms with Gasteiger partial charge in [-0.15, -0.1) is 0 Å². The van der Waals surface area contributed by atoms with Crippen molar-refractivity contribution in [2.75, 3.05) is 12.8 Å². The first-order valence-electron chi connectivity index (χ1n) is 4.92. The van der Waals surface area contributed by atoms with Crippen molar-refractivity contribution in [3.8, 4) is 0 Å². The molecule has 1 rings (SSSR count). The smallest absolute Gasteiger partial charge is 0.307 e. The Hall–Kier alpha value is -1.69. The van der Waals surface area contributed by atoms with E-state index in [1.165, 1.54) is 7.05 Å². The van der Waals surface area contributed by atoms with E-state index in [4.69, 9.17) is 5.11 Å². The highest BCUT2D eigenvalue weighted by Crippen LogP contribution is 2.09. The summed E-state index contributed by atoms with van der Waals surface area (Å²) in [6, 6.07) is 6.37. The number of carbonyl (C=O) groups excluding carboxylic acids is 1. The predicted molar refractivity (Wildman–Crippen MR) is 63.1 cm³/mol. The second-order valence-corrected chi connectivity index (χ2v) is 4.83. The molecular formula is C11H13NO4S. The summed E-state index contributed by atoms with van der Waals surface area (Å²) in [6.07, 6.45) is -0.0671. The second-order valence-electron chi connectivity index (χ2n) is 3.38. The van der Waals surface area contributed by atoms with Crippen molar-refractivity contribution in [1.29, 1.82) is 0 Å². The molecule has 17 heavy (non-hydrogen) atoms. The molecule has 2 N–H and O–H groups in total. The van der Waals surface area contributed by atoms with Crippen molar-refractivity contribution in [2.45, 2.75) is 11.3 Å². The molecule has 0 aliphatic carbocycles. The van der Waals surface area contributed by atoms with Crippen LogP contribution in [0.25, 0.3) is 0 Å². The van der Waals surface area contributed by atoms with Gasteiger partial charge in [0.2, 0.25) is 5.91 Å². The van der Waals surface area contributed by atoms with Crippen molar-refractivity contribution in [2.24, 2.45) is 0 Å². The summed E-state index contributed by atoms with van der Waals surface area (Å²) < 4.78 is 11.7. The molecule has 5 nitrogen and oxygen atoms in total. The van der Waals surface area contributed by atoms with Gasteiger partial charge in [-0.05, 0) is 17.7 Å². The molecule has 1 aromatic rings. The first-order valence-corrected chi connectivity index (χ1v) is 6.24. The van der Waals surface area contributed by atoms with Gasteiger partial charge in [-0.25, -0.2) is 0 Å². The van der Waals surface area contributed by atoms with Gasteiger partial charge in [-0.1, -0.05) is 12.1 Å². The maximum atomic E-state index is 11.7. The zero-order valence-electron chi connectivity index (χ0n) is 9.30. The number of carbonyl (C=O) groups is 2. The molecule has 0 heterocycles. The fourth-order valence-corrected chi connectivity index (χ4v) is 2.20. The van der Waals surface area contributed by atoms with Gasteiger partial charge in [0.25, 0.3) is 0 Å². The maximum absolute atomic E-state index is 11.7. The molecule has 0 bridgehead atoms. The van der Waals surface area contributed by atoms with Crippen molar-refractivity contribution in [3.05, 3.63) is 29.8 Å². The minimum absolute atomic E-state index is 0.0671. The SMILES string of the molecule is CNC(=O)CS(=O)c1ccc(CC(=O)O)cc1. The average molecular weight is 255 g/mol. The number of carboxylic acid groups (broad SMARTS) is 1. The van der Waals surface area contributed by atoms with E-state index in [1.807, 2.05) is 0 Å². The molecule has 1 amide bonds. The molecule has 92 valence electrons. The topological polar surface area (TPSA) is 83.5 Å². The van der Waals surface area contributed by atoms with Gasteiger partial charge in [-0.2, -0.15) is 0 Å². The Bertz CT molecular complexity index is 441. The molecule has 0 fully saturated rings. The lowest BCUT2D eigenvalue weighted by Crippen LogP contribution is -2.24. The van der Waals surface area contributed by atoms with Crippen molar-refractivity contribution >= 4 is 22.7 Å². The van der Waals surface area contributed by atoms with E-state index >= 15 is 0 Å². The molecule has 0 saturated heterocycles. The van der Waals surface area contributed by atoms with Crippen molar-refractivity contribution in [1.82, 2.24) is 5.32 Å². The van der Waals surface area contributed by atoms with Gasteiger partial charge < -0.3 is 10.4 Å². The van der Waals surface area contributed by atoms with Gasteiger partial charge in [-0.3, -0.25) is 13.8 Å². The van der Waals surface area contributed by atoms with Gasteiger partial charge in [0.05, 0.1) is 17.2 Å². The normalized spacial score (nSPS) is 11.8. The molecule has 1 aromatic carbocycles. The van der Waals surface area contributed by atoms with E-state index in [0.717, 1.165) is 0 Å². The molecule has 1 unspecified atom stereocenters. The predicted octanol–water partition coefficient (Wildman–Crippen LogP) is 0.167. The third kappa shape index (κ3) is 4.36. The van der Waals surface area contributed by atoms with E-state index in [2.05, 4.69) is 5.32 Å². The number of rotatable bonds is 5. The zero-order chi connectivity index (χ0) is 12.8. The van der Waals surface area contributed by atoms with E-state index in [9.17, 15) is 13.8 Å². The number of carboxylic acids is 1. The summed E-state index contributed by atoms with van der Waals surface area (Å²) in [4.78, 5) is 22.0. The molecule has 0 radical (unpaired) electrons. The molecule has 1 atom stereocenters. The molecule has 0 aliphatic heterocycles. The average Bonchev–Trinajstić information content (AvgIpc) is 2.28. The van der Waals surface area contributed by atoms with Crippen LogP contribution in [-0.2, 0) is 26.8 Å². The zero-order valence-corrected chi connectivity index (χ0v) is 10.1. The van der Waals surface area contributed by atoms with Crippen molar-refractivity contribution < 1.29 is 18.9 Å². The maximum Gasteiger partial charge on any atom is 0.307 e. The first-order chi connectivity index (χ1) is 8.02. The van der Waals surface area contributed by atoms with Crippen LogP contribution in [0.15, 0.2) is 29.2 Å². The largest absolute Gasteiger partial charge is 0.481 e. The monoisotopic (exact) mass is 255 g/mol. The highest BCUT2D eigenvalue weighted by Gasteiger charge is 2.09. The van der Waals surface area contributed by atoms with Crippen LogP contribution in [0.1, 0.15) is 5.56 Å². The first kappa shape index (κ1) is 13.4. The molecule has 6 heteroatoms. The van der Waals surface area contributed by atoms with Crippen molar-refractivity contribution in [3.63, 3.8) is 0 Å². The minimum Gasteiger partial charge on any atom is -0.481 e. The summed E-state index contributed by atoms with van der Waals surface area (Å²) in [5.41, 5.74) is 0.637. The van der Waals surface area contributed by atoms with Crippen LogP contribution in [0, 0.1) is 0 Å². The van der Waals surface area contributed by atoms with E-state index in [1.54, 1.807) is 24.3 Å². The molecular weight excluding hydrogens is 242 g/mol. The van der Waals surface area contributed by atoms with Crippen LogP contribution in [-0.4, -0.2) is 34.0 Å². The third-order valence-electron chi connectivity index (χ3n) is 2.08. The molecule has 0 saturated carbocycles. The number of benzene rings is 1. The fourth-order valence-electron chi connectivity index (χ4n) is 1.21. The van der Waals surface area contributed by atoms with E-state index < -0.39 is 16.8 Å². The summed E-state index contributed by atoms with van der Waals surface area (Å²) in [7, 11) is 0.0878. The van der Waals surface area contributed by atoms with Gasteiger partial charge in [0, 0.05) is 11.9 Å². The molecule has 0 aliphatic rings. The Morgan fingerprint density at radius 2 is 1.88 bits per heavy atom. The number of hydrogen-bond donors (Lipinski definition) is 2. The summed E-state index contributed by atoms with van der Waals surface area (Å²) in [6.45, 7) is 0. The number of hydrogen-bond acceptors (Lipinski definition) is 3. The second kappa shape index (κ2) is 6.15. The van der Waals surface area contributed by atoms with Gasteiger partial charge >= 0.3 is 5.97 Å². The summed E-state index contributed by atoms with van der Waals surface area (Å²) >= 11 is 0. The Labute approximate surface area is 101 Å². The lowest BCUT2D eigenvalue weighted by atomic mass is 10.2. The Balaban J connectivity index is 2.70. The fraction of sp³-hybridized carbons (Fsp3) is 0.273. The number of amides is 1.